The van der Waals surface area contributed by atoms with E-state index in [4.69, 9.17) is 4.74 Å². The molecule has 1 aromatic heterocycles. The zero-order valence-corrected chi connectivity index (χ0v) is 9.93. The van der Waals surface area contributed by atoms with Crippen LogP contribution in [0.4, 0.5) is 0 Å². The van der Waals surface area contributed by atoms with Gasteiger partial charge in [-0.1, -0.05) is 0 Å². The van der Waals surface area contributed by atoms with Gasteiger partial charge in [0.15, 0.2) is 0 Å². The van der Waals surface area contributed by atoms with Crippen molar-refractivity contribution in [2.45, 2.75) is 26.4 Å². The second-order valence-electron chi connectivity index (χ2n) is 3.44. The summed E-state index contributed by atoms with van der Waals surface area (Å²) in [4.78, 5) is 15.5. The fourth-order valence-corrected chi connectivity index (χ4v) is 1.31. The van der Waals surface area contributed by atoms with Crippen LogP contribution in [0.1, 0.15) is 19.7 Å². The molecule has 16 heavy (non-hydrogen) atoms. The minimum absolute atomic E-state index is 0.0935. The van der Waals surface area contributed by atoms with E-state index in [2.05, 4.69) is 15.4 Å². The Hall–Kier alpha value is -1.43. The van der Waals surface area contributed by atoms with E-state index in [1.54, 1.807) is 11.6 Å². The number of carbonyl (C=O) groups is 1. The van der Waals surface area contributed by atoms with Gasteiger partial charge in [-0.3, -0.25) is 9.48 Å². The molecule has 1 amide bonds. The van der Waals surface area contributed by atoms with Crippen LogP contribution in [0.15, 0.2) is 6.33 Å². The summed E-state index contributed by atoms with van der Waals surface area (Å²) in [6, 6.07) is 0. The fourth-order valence-electron chi connectivity index (χ4n) is 1.31. The van der Waals surface area contributed by atoms with Gasteiger partial charge in [-0.15, -0.1) is 0 Å². The van der Waals surface area contributed by atoms with Crippen molar-refractivity contribution in [1.82, 2.24) is 20.1 Å². The van der Waals surface area contributed by atoms with E-state index in [1.807, 2.05) is 14.0 Å². The Labute approximate surface area is 95.0 Å². The Bertz CT molecular complexity index is 337. The lowest BCUT2D eigenvalue weighted by molar-refractivity contribution is -0.131. The number of amides is 1. The molecule has 6 nitrogen and oxygen atoms in total. The van der Waals surface area contributed by atoms with Crippen LogP contribution in [-0.4, -0.2) is 39.9 Å². The average molecular weight is 226 g/mol. The van der Waals surface area contributed by atoms with Crippen molar-refractivity contribution < 1.29 is 9.53 Å². The summed E-state index contributed by atoms with van der Waals surface area (Å²) in [5.41, 5.74) is 0. The lowest BCUT2D eigenvalue weighted by atomic mass is 10.3. The molecule has 1 heterocycles. The average Bonchev–Trinajstić information content (AvgIpc) is 2.65. The molecule has 0 aromatic carbocycles. The van der Waals surface area contributed by atoms with E-state index in [0.717, 1.165) is 5.82 Å². The molecule has 0 radical (unpaired) electrons. The Morgan fingerprint density at radius 2 is 2.44 bits per heavy atom. The monoisotopic (exact) mass is 226 g/mol. The first-order valence-corrected chi connectivity index (χ1v) is 5.37. The van der Waals surface area contributed by atoms with Gasteiger partial charge in [0.05, 0.1) is 0 Å². The Balaban J connectivity index is 2.25. The zero-order valence-electron chi connectivity index (χ0n) is 9.93. The Kier molecular flexibility index (Phi) is 4.91. The summed E-state index contributed by atoms with van der Waals surface area (Å²) < 4.78 is 6.86. The lowest BCUT2D eigenvalue weighted by Crippen LogP contribution is -2.35. The van der Waals surface area contributed by atoms with Gasteiger partial charge < -0.3 is 10.1 Å². The van der Waals surface area contributed by atoms with Crippen LogP contribution in [0.2, 0.25) is 0 Å². The van der Waals surface area contributed by atoms with Gasteiger partial charge in [0.2, 0.25) is 5.91 Å². The SMILES string of the molecule is CCO[C@H](C)C(=O)NCCc1ncnn1C. The first kappa shape index (κ1) is 12.6. The standard InChI is InChI=1S/C10H18N4O2/c1-4-16-8(2)10(15)11-6-5-9-12-7-13-14(9)3/h7-8H,4-6H2,1-3H3,(H,11,15)/t8-/m1/s1. The van der Waals surface area contributed by atoms with Gasteiger partial charge >= 0.3 is 0 Å². The van der Waals surface area contributed by atoms with Gasteiger partial charge in [0.1, 0.15) is 18.3 Å². The number of carbonyl (C=O) groups excluding carboxylic acids is 1. The molecule has 1 atom stereocenters. The van der Waals surface area contributed by atoms with Crippen LogP contribution < -0.4 is 5.32 Å². The highest BCUT2D eigenvalue weighted by Gasteiger charge is 2.11. The minimum atomic E-state index is -0.399. The van der Waals surface area contributed by atoms with Crippen molar-refractivity contribution in [3.63, 3.8) is 0 Å². The molecule has 0 spiro atoms. The molecule has 90 valence electrons. The lowest BCUT2D eigenvalue weighted by Gasteiger charge is -2.11. The third-order valence-corrected chi connectivity index (χ3v) is 2.24. The summed E-state index contributed by atoms with van der Waals surface area (Å²) in [6.45, 7) is 4.69. The Morgan fingerprint density at radius 3 is 3.00 bits per heavy atom. The van der Waals surface area contributed by atoms with Gasteiger partial charge in [-0.05, 0) is 13.8 Å². The number of aromatic nitrogens is 3. The van der Waals surface area contributed by atoms with Crippen molar-refractivity contribution in [3.8, 4) is 0 Å². The number of hydrogen-bond acceptors (Lipinski definition) is 4. The third kappa shape index (κ3) is 3.62. The molecule has 0 fully saturated rings. The Morgan fingerprint density at radius 1 is 1.69 bits per heavy atom. The van der Waals surface area contributed by atoms with Crippen molar-refractivity contribution in [3.05, 3.63) is 12.2 Å². The van der Waals surface area contributed by atoms with Gasteiger partial charge in [-0.2, -0.15) is 5.10 Å². The maximum absolute atomic E-state index is 11.5. The van der Waals surface area contributed by atoms with E-state index < -0.39 is 6.10 Å². The van der Waals surface area contributed by atoms with E-state index in [-0.39, 0.29) is 5.91 Å². The summed E-state index contributed by atoms with van der Waals surface area (Å²) in [5.74, 6) is 0.758. The topological polar surface area (TPSA) is 69.0 Å². The molecular weight excluding hydrogens is 208 g/mol. The minimum Gasteiger partial charge on any atom is -0.369 e. The molecule has 0 aliphatic heterocycles. The number of hydrogen-bond donors (Lipinski definition) is 1. The molecule has 0 aliphatic carbocycles. The zero-order chi connectivity index (χ0) is 12.0. The molecule has 6 heteroatoms. The molecule has 1 aromatic rings. The van der Waals surface area contributed by atoms with E-state index in [0.29, 0.717) is 19.6 Å². The van der Waals surface area contributed by atoms with Crippen molar-refractivity contribution >= 4 is 5.91 Å². The number of nitrogens with zero attached hydrogens (tertiary/aromatic N) is 3. The highest BCUT2D eigenvalue weighted by molar-refractivity contribution is 5.80. The van der Waals surface area contributed by atoms with Crippen LogP contribution in [-0.2, 0) is 23.0 Å². The maximum Gasteiger partial charge on any atom is 0.248 e. The summed E-state index contributed by atoms with van der Waals surface area (Å²) in [7, 11) is 1.83. The van der Waals surface area contributed by atoms with E-state index in [9.17, 15) is 4.79 Å². The highest BCUT2D eigenvalue weighted by atomic mass is 16.5. The van der Waals surface area contributed by atoms with E-state index in [1.165, 1.54) is 6.33 Å². The number of aryl methyl sites for hydroxylation is 1. The third-order valence-electron chi connectivity index (χ3n) is 2.24. The molecule has 1 rings (SSSR count). The van der Waals surface area contributed by atoms with Gasteiger partial charge in [0, 0.05) is 26.6 Å². The molecule has 0 bridgehead atoms. The normalized spacial score (nSPS) is 12.4. The molecule has 0 unspecified atom stereocenters. The van der Waals surface area contributed by atoms with Crippen LogP contribution in [0.25, 0.3) is 0 Å². The predicted molar refractivity (Wildman–Crippen MR) is 58.8 cm³/mol. The van der Waals surface area contributed by atoms with Crippen LogP contribution in [0, 0.1) is 0 Å². The fraction of sp³-hybridized carbons (Fsp3) is 0.700. The summed E-state index contributed by atoms with van der Waals surface area (Å²) >= 11 is 0. The quantitative estimate of drug-likeness (QED) is 0.735. The predicted octanol–water partition coefficient (Wildman–Crippen LogP) is -0.101. The molecule has 0 aliphatic rings. The van der Waals surface area contributed by atoms with Gasteiger partial charge in [0.25, 0.3) is 0 Å². The number of nitrogens with one attached hydrogen (secondary N) is 1. The van der Waals surface area contributed by atoms with Crippen molar-refractivity contribution in [2.75, 3.05) is 13.2 Å². The first-order chi connectivity index (χ1) is 7.65. The van der Waals surface area contributed by atoms with Crippen LogP contribution >= 0.6 is 0 Å². The maximum atomic E-state index is 11.5. The largest absolute Gasteiger partial charge is 0.369 e. The second-order valence-corrected chi connectivity index (χ2v) is 3.44. The summed E-state index contributed by atoms with van der Waals surface area (Å²) in [5, 5.41) is 6.73. The molecule has 0 saturated heterocycles. The molecule has 1 N–H and O–H groups in total. The second kappa shape index (κ2) is 6.22. The molecule has 0 saturated carbocycles. The number of rotatable bonds is 6. The van der Waals surface area contributed by atoms with Crippen LogP contribution in [0.3, 0.4) is 0 Å². The smallest absolute Gasteiger partial charge is 0.248 e. The highest BCUT2D eigenvalue weighted by Crippen LogP contribution is 1.93. The number of ether oxygens (including phenoxy) is 1. The van der Waals surface area contributed by atoms with Crippen LogP contribution in [0.5, 0.6) is 0 Å². The van der Waals surface area contributed by atoms with Gasteiger partial charge in [-0.25, -0.2) is 4.98 Å². The first-order valence-electron chi connectivity index (χ1n) is 5.37. The molecular formula is C10H18N4O2. The van der Waals surface area contributed by atoms with Crippen molar-refractivity contribution in [2.24, 2.45) is 7.05 Å². The van der Waals surface area contributed by atoms with E-state index >= 15 is 0 Å². The summed E-state index contributed by atoms with van der Waals surface area (Å²) in [6.07, 6.45) is 1.77. The van der Waals surface area contributed by atoms with Crippen molar-refractivity contribution in [1.29, 1.82) is 0 Å².